The van der Waals surface area contributed by atoms with Gasteiger partial charge in [0.2, 0.25) is 0 Å². The van der Waals surface area contributed by atoms with E-state index >= 15 is 0 Å². The number of carbonyl (C=O) groups is 1. The van der Waals surface area contributed by atoms with Crippen LogP contribution in [0.4, 0.5) is 0 Å². The van der Waals surface area contributed by atoms with Gasteiger partial charge < -0.3 is 20.0 Å². The molecule has 2 atom stereocenters. The Hall–Kier alpha value is -2.05. The number of likely N-dealkylation sites (tertiary alicyclic amines) is 1. The molecular formula is C17H22ClN3O3. The van der Waals surface area contributed by atoms with Gasteiger partial charge in [0.25, 0.3) is 11.5 Å². The van der Waals surface area contributed by atoms with Crippen molar-refractivity contribution in [1.29, 1.82) is 0 Å². The minimum atomic E-state index is -0.404. The summed E-state index contributed by atoms with van der Waals surface area (Å²) in [7, 11) is 0. The lowest BCUT2D eigenvalue weighted by molar-refractivity contribution is 0.0572. The van der Waals surface area contributed by atoms with Gasteiger partial charge in [-0.05, 0) is 43.0 Å². The number of pyridine rings is 1. The highest BCUT2D eigenvalue weighted by atomic mass is 35.5. The Bertz CT molecular complexity index is 742. The number of hydrogen-bond donors (Lipinski definition) is 2. The molecule has 1 amide bonds. The SMILES string of the molecule is CC1CCN(C(=O)c2ccc(-c3ccco3)[nH]c2=O)C(CN)C1.Cl. The van der Waals surface area contributed by atoms with Crippen molar-refractivity contribution in [2.24, 2.45) is 11.7 Å². The normalized spacial score (nSPS) is 20.5. The van der Waals surface area contributed by atoms with Crippen LogP contribution in [0.2, 0.25) is 0 Å². The Kier molecular flexibility index (Phi) is 5.85. The van der Waals surface area contributed by atoms with E-state index in [0.717, 1.165) is 12.8 Å². The van der Waals surface area contributed by atoms with Gasteiger partial charge >= 0.3 is 0 Å². The number of carbonyl (C=O) groups excluding carboxylic acids is 1. The lowest BCUT2D eigenvalue weighted by Crippen LogP contribution is -2.50. The van der Waals surface area contributed by atoms with Crippen molar-refractivity contribution in [2.75, 3.05) is 13.1 Å². The number of rotatable bonds is 3. The van der Waals surface area contributed by atoms with Gasteiger partial charge in [-0.3, -0.25) is 9.59 Å². The van der Waals surface area contributed by atoms with Crippen molar-refractivity contribution < 1.29 is 9.21 Å². The summed E-state index contributed by atoms with van der Waals surface area (Å²) < 4.78 is 5.26. The maximum absolute atomic E-state index is 12.7. The van der Waals surface area contributed by atoms with Crippen LogP contribution in [0, 0.1) is 5.92 Å². The third-order valence-electron chi connectivity index (χ3n) is 4.44. The van der Waals surface area contributed by atoms with E-state index in [9.17, 15) is 9.59 Å². The molecule has 3 N–H and O–H groups in total. The van der Waals surface area contributed by atoms with Gasteiger partial charge in [0.1, 0.15) is 11.3 Å². The number of H-pyrrole nitrogens is 1. The molecule has 0 spiro atoms. The largest absolute Gasteiger partial charge is 0.463 e. The van der Waals surface area contributed by atoms with E-state index in [1.807, 2.05) is 0 Å². The van der Waals surface area contributed by atoms with Gasteiger partial charge in [-0.25, -0.2) is 0 Å². The molecule has 3 heterocycles. The van der Waals surface area contributed by atoms with Crippen LogP contribution in [-0.4, -0.2) is 34.9 Å². The van der Waals surface area contributed by atoms with Crippen molar-refractivity contribution in [1.82, 2.24) is 9.88 Å². The Morgan fingerprint density at radius 3 is 2.83 bits per heavy atom. The van der Waals surface area contributed by atoms with Crippen LogP contribution in [0.1, 0.15) is 30.1 Å². The standard InChI is InChI=1S/C17H21N3O3.ClH/c1-11-6-7-20(12(9-11)10-18)17(22)13-4-5-14(19-16(13)21)15-3-2-8-23-15;/h2-5,8,11-12H,6-7,9-10,18H2,1H3,(H,19,21);1H. The maximum atomic E-state index is 12.7. The van der Waals surface area contributed by atoms with Crippen LogP contribution in [0.25, 0.3) is 11.5 Å². The Balaban J connectivity index is 0.00000208. The summed E-state index contributed by atoms with van der Waals surface area (Å²) in [5.41, 5.74) is 6.10. The summed E-state index contributed by atoms with van der Waals surface area (Å²) in [5.74, 6) is 0.861. The average molecular weight is 352 g/mol. The third kappa shape index (κ3) is 3.55. The number of aromatic nitrogens is 1. The molecule has 3 rings (SSSR count). The Labute approximate surface area is 146 Å². The monoisotopic (exact) mass is 351 g/mol. The first kappa shape index (κ1) is 18.3. The zero-order valence-corrected chi connectivity index (χ0v) is 14.3. The molecular weight excluding hydrogens is 330 g/mol. The number of hydrogen-bond acceptors (Lipinski definition) is 4. The van der Waals surface area contributed by atoms with Crippen LogP contribution in [0.3, 0.4) is 0 Å². The number of halogens is 1. The van der Waals surface area contributed by atoms with Crippen LogP contribution < -0.4 is 11.3 Å². The molecule has 1 aliphatic heterocycles. The molecule has 0 bridgehead atoms. The molecule has 0 radical (unpaired) electrons. The zero-order chi connectivity index (χ0) is 16.4. The summed E-state index contributed by atoms with van der Waals surface area (Å²) in [4.78, 5) is 29.5. The first-order valence-corrected chi connectivity index (χ1v) is 7.88. The van der Waals surface area contributed by atoms with Crippen molar-refractivity contribution in [3.63, 3.8) is 0 Å². The van der Waals surface area contributed by atoms with Gasteiger partial charge in [-0.1, -0.05) is 6.92 Å². The molecule has 2 aromatic rings. The number of nitrogens with one attached hydrogen (secondary N) is 1. The topological polar surface area (TPSA) is 92.3 Å². The molecule has 1 saturated heterocycles. The first-order chi connectivity index (χ1) is 11.1. The van der Waals surface area contributed by atoms with E-state index in [1.165, 1.54) is 6.26 Å². The van der Waals surface area contributed by atoms with E-state index in [1.54, 1.807) is 29.2 Å². The second kappa shape index (κ2) is 7.68. The number of aromatic amines is 1. The Morgan fingerprint density at radius 1 is 1.42 bits per heavy atom. The maximum Gasteiger partial charge on any atom is 0.261 e. The predicted octanol–water partition coefficient (Wildman–Crippen LogP) is 2.26. The van der Waals surface area contributed by atoms with Crippen molar-refractivity contribution in [2.45, 2.75) is 25.8 Å². The summed E-state index contributed by atoms with van der Waals surface area (Å²) >= 11 is 0. The lowest BCUT2D eigenvalue weighted by atomic mass is 9.92. The van der Waals surface area contributed by atoms with Gasteiger partial charge in [-0.15, -0.1) is 12.4 Å². The smallest absolute Gasteiger partial charge is 0.261 e. The molecule has 0 saturated carbocycles. The van der Waals surface area contributed by atoms with E-state index in [-0.39, 0.29) is 29.9 Å². The van der Waals surface area contributed by atoms with E-state index in [2.05, 4.69) is 11.9 Å². The van der Waals surface area contributed by atoms with Gasteiger partial charge in [-0.2, -0.15) is 0 Å². The predicted molar refractivity (Wildman–Crippen MR) is 94.3 cm³/mol. The number of nitrogens with zero attached hydrogens (tertiary/aromatic N) is 1. The summed E-state index contributed by atoms with van der Waals surface area (Å²) in [6, 6.07) is 6.74. The quantitative estimate of drug-likeness (QED) is 0.887. The first-order valence-electron chi connectivity index (χ1n) is 7.88. The lowest BCUT2D eigenvalue weighted by Gasteiger charge is -2.37. The number of furan rings is 1. The molecule has 2 unspecified atom stereocenters. The molecule has 0 aromatic carbocycles. The molecule has 24 heavy (non-hydrogen) atoms. The zero-order valence-electron chi connectivity index (χ0n) is 13.5. The van der Waals surface area contributed by atoms with E-state index < -0.39 is 5.56 Å². The van der Waals surface area contributed by atoms with Crippen LogP contribution >= 0.6 is 12.4 Å². The minimum Gasteiger partial charge on any atom is -0.463 e. The second-order valence-electron chi connectivity index (χ2n) is 6.11. The van der Waals surface area contributed by atoms with Gasteiger partial charge in [0.15, 0.2) is 0 Å². The van der Waals surface area contributed by atoms with E-state index in [0.29, 0.717) is 30.5 Å². The van der Waals surface area contributed by atoms with Crippen molar-refractivity contribution in [3.05, 3.63) is 46.4 Å². The summed E-state index contributed by atoms with van der Waals surface area (Å²) in [6.07, 6.45) is 3.35. The molecule has 1 aliphatic rings. The van der Waals surface area contributed by atoms with Crippen LogP contribution in [-0.2, 0) is 0 Å². The highest BCUT2D eigenvalue weighted by Gasteiger charge is 2.30. The van der Waals surface area contributed by atoms with Crippen LogP contribution in [0.5, 0.6) is 0 Å². The van der Waals surface area contributed by atoms with Crippen molar-refractivity contribution >= 4 is 18.3 Å². The summed E-state index contributed by atoms with van der Waals surface area (Å²) in [5, 5.41) is 0. The number of piperidine rings is 1. The highest BCUT2D eigenvalue weighted by Crippen LogP contribution is 2.23. The summed E-state index contributed by atoms with van der Waals surface area (Å²) in [6.45, 7) is 3.22. The molecule has 0 aliphatic carbocycles. The molecule has 7 heteroatoms. The van der Waals surface area contributed by atoms with E-state index in [4.69, 9.17) is 10.2 Å². The molecule has 130 valence electrons. The third-order valence-corrected chi connectivity index (χ3v) is 4.44. The van der Waals surface area contributed by atoms with Gasteiger partial charge in [0, 0.05) is 19.1 Å². The average Bonchev–Trinajstić information content (AvgIpc) is 3.08. The Morgan fingerprint density at radius 2 is 2.21 bits per heavy atom. The fraction of sp³-hybridized carbons (Fsp3) is 0.412. The molecule has 6 nitrogen and oxygen atoms in total. The highest BCUT2D eigenvalue weighted by molar-refractivity contribution is 5.94. The van der Waals surface area contributed by atoms with Gasteiger partial charge in [0.05, 0.1) is 12.0 Å². The second-order valence-corrected chi connectivity index (χ2v) is 6.11. The fourth-order valence-corrected chi connectivity index (χ4v) is 3.11. The molecule has 1 fully saturated rings. The number of amides is 1. The minimum absolute atomic E-state index is 0. The number of nitrogens with two attached hydrogens (primary N) is 1. The van der Waals surface area contributed by atoms with Crippen molar-refractivity contribution in [3.8, 4) is 11.5 Å². The fourth-order valence-electron chi connectivity index (χ4n) is 3.11. The molecule has 2 aromatic heterocycles. The van der Waals surface area contributed by atoms with Crippen LogP contribution in [0.15, 0.2) is 39.7 Å².